The topological polar surface area (TPSA) is 83.8 Å². The van der Waals surface area contributed by atoms with Gasteiger partial charge in [0.25, 0.3) is 0 Å². The van der Waals surface area contributed by atoms with Crippen molar-refractivity contribution < 1.29 is 22.3 Å². The lowest BCUT2D eigenvalue weighted by Crippen LogP contribution is -1.89. The van der Waals surface area contributed by atoms with Gasteiger partial charge in [0, 0.05) is 5.39 Å². The zero-order valence-electron chi connectivity index (χ0n) is 9.07. The van der Waals surface area contributed by atoms with Gasteiger partial charge in [-0.25, -0.2) is 0 Å². The van der Waals surface area contributed by atoms with Gasteiger partial charge in [-0.3, -0.25) is 9.11 Å². The predicted octanol–water partition coefficient (Wildman–Crippen LogP) is 2.20. The number of hydrogen-bond acceptors (Lipinski definition) is 3. The Bertz CT molecular complexity index is 578. The molecular formula is C11H12O5S. The molecule has 5 nitrogen and oxygen atoms in total. The zero-order valence-corrected chi connectivity index (χ0v) is 9.89. The summed E-state index contributed by atoms with van der Waals surface area (Å²) in [5.74, 6) is 0.938. The molecule has 2 N–H and O–H groups in total. The highest BCUT2D eigenvalue weighted by molar-refractivity contribution is 7.79. The summed E-state index contributed by atoms with van der Waals surface area (Å²) in [6.07, 6.45) is 0. The molecule has 0 aliphatic carbocycles. The standard InChI is InChI=1S/C11H10O.H2O4S/c1-12-11-8-4-6-9-5-2-3-7-10(9)11;1-5(2,3)4/h2-8H,1H3;(H2,1,2,3,4). The summed E-state index contributed by atoms with van der Waals surface area (Å²) in [7, 11) is -2.97. The Morgan fingerprint density at radius 2 is 1.53 bits per heavy atom. The fraction of sp³-hybridized carbons (Fsp3) is 0.0909. The lowest BCUT2D eigenvalue weighted by atomic mass is 10.1. The molecular weight excluding hydrogens is 244 g/mol. The minimum atomic E-state index is -4.67. The molecule has 0 unspecified atom stereocenters. The van der Waals surface area contributed by atoms with Crippen molar-refractivity contribution in [3.05, 3.63) is 42.5 Å². The van der Waals surface area contributed by atoms with Crippen LogP contribution in [-0.2, 0) is 10.4 Å². The molecule has 0 saturated carbocycles. The predicted molar refractivity (Wildman–Crippen MR) is 64.7 cm³/mol. The number of methoxy groups -OCH3 is 1. The number of fused-ring (bicyclic) bond motifs is 1. The molecule has 0 radical (unpaired) electrons. The fourth-order valence-electron chi connectivity index (χ4n) is 1.37. The Balaban J connectivity index is 0.000000249. The van der Waals surface area contributed by atoms with Crippen LogP contribution in [0.1, 0.15) is 0 Å². The number of rotatable bonds is 1. The highest BCUT2D eigenvalue weighted by Crippen LogP contribution is 2.24. The maximum atomic E-state index is 8.74. The second-order valence-electron chi connectivity index (χ2n) is 3.13. The van der Waals surface area contributed by atoms with Gasteiger partial charge in [-0.05, 0) is 11.5 Å². The summed E-state index contributed by atoms with van der Waals surface area (Å²) in [4.78, 5) is 0. The van der Waals surface area contributed by atoms with Crippen LogP contribution in [0.5, 0.6) is 5.75 Å². The van der Waals surface area contributed by atoms with Crippen molar-refractivity contribution >= 4 is 21.2 Å². The van der Waals surface area contributed by atoms with E-state index in [1.54, 1.807) is 7.11 Å². The summed E-state index contributed by atoms with van der Waals surface area (Å²) >= 11 is 0. The van der Waals surface area contributed by atoms with Crippen molar-refractivity contribution in [1.82, 2.24) is 0 Å². The molecule has 0 aliphatic rings. The van der Waals surface area contributed by atoms with Gasteiger partial charge in [0.2, 0.25) is 0 Å². The second-order valence-corrected chi connectivity index (χ2v) is 4.02. The largest absolute Gasteiger partial charge is 0.496 e. The van der Waals surface area contributed by atoms with E-state index in [1.165, 1.54) is 10.8 Å². The van der Waals surface area contributed by atoms with Crippen LogP contribution in [0, 0.1) is 0 Å². The Morgan fingerprint density at radius 1 is 1.00 bits per heavy atom. The Hall–Kier alpha value is -1.63. The first-order chi connectivity index (χ1) is 7.92. The van der Waals surface area contributed by atoms with Gasteiger partial charge < -0.3 is 4.74 Å². The van der Waals surface area contributed by atoms with E-state index >= 15 is 0 Å². The normalized spacial score (nSPS) is 10.5. The molecule has 92 valence electrons. The Morgan fingerprint density at radius 3 is 2.12 bits per heavy atom. The van der Waals surface area contributed by atoms with E-state index in [9.17, 15) is 0 Å². The first-order valence-electron chi connectivity index (χ1n) is 4.63. The Labute approximate surface area is 99.2 Å². The lowest BCUT2D eigenvalue weighted by Gasteiger charge is -2.03. The smallest absolute Gasteiger partial charge is 0.394 e. The van der Waals surface area contributed by atoms with E-state index in [2.05, 4.69) is 18.2 Å². The third-order valence-electron chi connectivity index (χ3n) is 1.97. The van der Waals surface area contributed by atoms with Crippen molar-refractivity contribution in [3.63, 3.8) is 0 Å². The van der Waals surface area contributed by atoms with E-state index in [4.69, 9.17) is 22.3 Å². The van der Waals surface area contributed by atoms with Crippen LogP contribution in [0.2, 0.25) is 0 Å². The average molecular weight is 256 g/mol. The van der Waals surface area contributed by atoms with E-state index < -0.39 is 10.4 Å². The highest BCUT2D eigenvalue weighted by atomic mass is 32.3. The monoisotopic (exact) mass is 256 g/mol. The lowest BCUT2D eigenvalue weighted by molar-refractivity contribution is 0.381. The number of ether oxygens (including phenoxy) is 1. The molecule has 0 spiro atoms. The molecule has 6 heteroatoms. The molecule has 0 bridgehead atoms. The molecule has 0 aliphatic heterocycles. The average Bonchev–Trinajstić information content (AvgIpc) is 2.26. The molecule has 2 aromatic rings. The fourth-order valence-corrected chi connectivity index (χ4v) is 1.37. The van der Waals surface area contributed by atoms with Crippen molar-refractivity contribution in [1.29, 1.82) is 0 Å². The molecule has 0 atom stereocenters. The maximum absolute atomic E-state index is 8.74. The van der Waals surface area contributed by atoms with Gasteiger partial charge in [0.1, 0.15) is 5.75 Å². The summed E-state index contributed by atoms with van der Waals surface area (Å²) in [5.41, 5.74) is 0. The Kier molecular flexibility index (Phi) is 4.45. The van der Waals surface area contributed by atoms with Crippen LogP contribution in [0.25, 0.3) is 10.8 Å². The summed E-state index contributed by atoms with van der Waals surface area (Å²) in [5, 5.41) is 2.39. The summed E-state index contributed by atoms with van der Waals surface area (Å²) < 4.78 is 36.8. The first-order valence-corrected chi connectivity index (χ1v) is 6.03. The first kappa shape index (κ1) is 13.4. The van der Waals surface area contributed by atoms with E-state index in [0.717, 1.165) is 5.75 Å². The van der Waals surface area contributed by atoms with Crippen LogP contribution in [0.4, 0.5) is 0 Å². The minimum absolute atomic E-state index is 0.938. The van der Waals surface area contributed by atoms with Crippen molar-refractivity contribution in [2.45, 2.75) is 0 Å². The van der Waals surface area contributed by atoms with Gasteiger partial charge in [-0.2, -0.15) is 8.42 Å². The quantitative estimate of drug-likeness (QED) is 0.764. The third kappa shape index (κ3) is 4.81. The molecule has 2 aromatic carbocycles. The van der Waals surface area contributed by atoms with Crippen molar-refractivity contribution in [2.24, 2.45) is 0 Å². The molecule has 2 rings (SSSR count). The maximum Gasteiger partial charge on any atom is 0.394 e. The zero-order chi connectivity index (χ0) is 12.9. The SMILES string of the molecule is COc1cccc2ccccc12.O=S(=O)(O)O. The molecule has 0 amide bonds. The van der Waals surface area contributed by atoms with Crippen LogP contribution < -0.4 is 4.74 Å². The van der Waals surface area contributed by atoms with Gasteiger partial charge in [-0.1, -0.05) is 36.4 Å². The van der Waals surface area contributed by atoms with Crippen LogP contribution in [0.15, 0.2) is 42.5 Å². The molecule has 0 fully saturated rings. The van der Waals surface area contributed by atoms with Gasteiger partial charge in [0.05, 0.1) is 7.11 Å². The van der Waals surface area contributed by atoms with Crippen molar-refractivity contribution in [3.8, 4) is 5.75 Å². The van der Waals surface area contributed by atoms with Gasteiger partial charge in [0.15, 0.2) is 0 Å². The van der Waals surface area contributed by atoms with E-state index in [0.29, 0.717) is 0 Å². The van der Waals surface area contributed by atoms with Gasteiger partial charge in [-0.15, -0.1) is 0 Å². The van der Waals surface area contributed by atoms with Crippen LogP contribution in [-0.4, -0.2) is 24.6 Å². The number of benzene rings is 2. The van der Waals surface area contributed by atoms with E-state index in [-0.39, 0.29) is 0 Å². The highest BCUT2D eigenvalue weighted by Gasteiger charge is 1.97. The minimum Gasteiger partial charge on any atom is -0.496 e. The van der Waals surface area contributed by atoms with Crippen LogP contribution in [0.3, 0.4) is 0 Å². The molecule has 17 heavy (non-hydrogen) atoms. The molecule has 0 heterocycles. The molecule has 0 aromatic heterocycles. The van der Waals surface area contributed by atoms with Gasteiger partial charge >= 0.3 is 10.4 Å². The molecule has 0 saturated heterocycles. The summed E-state index contributed by atoms with van der Waals surface area (Å²) in [6.45, 7) is 0. The summed E-state index contributed by atoms with van der Waals surface area (Å²) in [6, 6.07) is 14.2. The van der Waals surface area contributed by atoms with Crippen molar-refractivity contribution in [2.75, 3.05) is 7.11 Å². The van der Waals surface area contributed by atoms with Crippen LogP contribution >= 0.6 is 0 Å². The van der Waals surface area contributed by atoms with E-state index in [1.807, 2.05) is 24.3 Å². The number of hydrogen-bond donors (Lipinski definition) is 2. The third-order valence-corrected chi connectivity index (χ3v) is 1.97. The second kappa shape index (κ2) is 5.62.